The van der Waals surface area contributed by atoms with Gasteiger partial charge in [-0.15, -0.1) is 0 Å². The van der Waals surface area contributed by atoms with Crippen molar-refractivity contribution < 1.29 is 4.74 Å². The Morgan fingerprint density at radius 2 is 1.53 bits per heavy atom. The minimum atomic E-state index is 0.282. The lowest BCUT2D eigenvalue weighted by Crippen LogP contribution is -2.27. The van der Waals surface area contributed by atoms with Crippen LogP contribution in [0.4, 0.5) is 0 Å². The number of hydrogen-bond acceptors (Lipinski definition) is 2. The molecule has 0 unspecified atom stereocenters. The minimum Gasteiger partial charge on any atom is -0.380 e. The van der Waals surface area contributed by atoms with E-state index >= 15 is 0 Å². The van der Waals surface area contributed by atoms with Crippen molar-refractivity contribution in [2.75, 3.05) is 33.9 Å². The van der Waals surface area contributed by atoms with Crippen LogP contribution in [0.5, 0.6) is 0 Å². The van der Waals surface area contributed by atoms with Gasteiger partial charge in [-0.1, -0.05) is 34.6 Å². The molecule has 0 N–H and O–H groups in total. The maximum Gasteiger partial charge on any atom is 0.0593 e. The van der Waals surface area contributed by atoms with Gasteiger partial charge in [0.2, 0.25) is 0 Å². The molecule has 0 saturated carbocycles. The first-order valence-electron chi connectivity index (χ1n) is 5.85. The summed E-state index contributed by atoms with van der Waals surface area (Å²) >= 11 is 0. The van der Waals surface area contributed by atoms with Crippen LogP contribution in [0.15, 0.2) is 0 Å². The highest BCUT2D eigenvalue weighted by molar-refractivity contribution is 4.75. The summed E-state index contributed by atoms with van der Waals surface area (Å²) in [5.74, 6) is 0. The molecule has 0 aromatic rings. The highest BCUT2D eigenvalue weighted by Crippen LogP contribution is 2.33. The molecule has 15 heavy (non-hydrogen) atoms. The highest BCUT2D eigenvalue weighted by Gasteiger charge is 2.25. The monoisotopic (exact) mass is 215 g/mol. The molecule has 0 spiro atoms. The zero-order valence-corrected chi connectivity index (χ0v) is 11.7. The Hall–Kier alpha value is -0.0800. The van der Waals surface area contributed by atoms with Gasteiger partial charge in [-0.25, -0.2) is 0 Å². The SMILES string of the molecule is CN(C)CCOCC(C)(C)CC(C)(C)C. The highest BCUT2D eigenvalue weighted by atomic mass is 16.5. The normalized spacial score (nSPS) is 13.6. The van der Waals surface area contributed by atoms with Crippen molar-refractivity contribution in [2.45, 2.75) is 41.0 Å². The molecule has 0 bridgehead atoms. The van der Waals surface area contributed by atoms with E-state index in [1.807, 2.05) is 0 Å². The van der Waals surface area contributed by atoms with Gasteiger partial charge < -0.3 is 9.64 Å². The molecule has 0 radical (unpaired) electrons. The molecule has 0 aliphatic heterocycles. The van der Waals surface area contributed by atoms with Crippen LogP contribution in [0.1, 0.15) is 41.0 Å². The number of nitrogens with zero attached hydrogens (tertiary/aromatic N) is 1. The van der Waals surface area contributed by atoms with Gasteiger partial charge in [0, 0.05) is 6.54 Å². The Morgan fingerprint density at radius 1 is 1.00 bits per heavy atom. The van der Waals surface area contributed by atoms with Crippen LogP contribution >= 0.6 is 0 Å². The molecule has 0 heterocycles. The van der Waals surface area contributed by atoms with Crippen LogP contribution in [0.25, 0.3) is 0 Å². The fourth-order valence-corrected chi connectivity index (χ4v) is 2.08. The predicted octanol–water partition coefficient (Wildman–Crippen LogP) is 3.03. The van der Waals surface area contributed by atoms with Crippen LogP contribution in [-0.2, 0) is 4.74 Å². The van der Waals surface area contributed by atoms with Crippen LogP contribution in [-0.4, -0.2) is 38.8 Å². The molecule has 2 nitrogen and oxygen atoms in total. The quantitative estimate of drug-likeness (QED) is 0.632. The minimum absolute atomic E-state index is 0.282. The topological polar surface area (TPSA) is 12.5 Å². The number of rotatable bonds is 6. The summed E-state index contributed by atoms with van der Waals surface area (Å²) in [6.07, 6.45) is 1.20. The third kappa shape index (κ3) is 10.2. The van der Waals surface area contributed by atoms with E-state index in [1.165, 1.54) is 6.42 Å². The van der Waals surface area contributed by atoms with Crippen molar-refractivity contribution in [1.29, 1.82) is 0 Å². The molecule has 0 aromatic heterocycles. The third-order valence-corrected chi connectivity index (χ3v) is 2.18. The van der Waals surface area contributed by atoms with Gasteiger partial charge >= 0.3 is 0 Å². The summed E-state index contributed by atoms with van der Waals surface area (Å²) < 4.78 is 5.71. The van der Waals surface area contributed by atoms with Crippen molar-refractivity contribution in [3.8, 4) is 0 Å². The summed E-state index contributed by atoms with van der Waals surface area (Å²) in [7, 11) is 4.15. The molecule has 92 valence electrons. The van der Waals surface area contributed by atoms with Gasteiger partial charge in [-0.05, 0) is 31.3 Å². The third-order valence-electron chi connectivity index (χ3n) is 2.18. The maximum atomic E-state index is 5.71. The zero-order chi connectivity index (χ0) is 12.1. The predicted molar refractivity (Wildman–Crippen MR) is 67.2 cm³/mol. The van der Waals surface area contributed by atoms with Crippen molar-refractivity contribution >= 4 is 0 Å². The molecular formula is C13H29NO. The van der Waals surface area contributed by atoms with Crippen molar-refractivity contribution in [3.63, 3.8) is 0 Å². The van der Waals surface area contributed by atoms with Gasteiger partial charge in [0.15, 0.2) is 0 Å². The van der Waals surface area contributed by atoms with E-state index in [0.717, 1.165) is 19.8 Å². The first-order valence-corrected chi connectivity index (χ1v) is 5.85. The lowest BCUT2D eigenvalue weighted by atomic mass is 9.77. The molecular weight excluding hydrogens is 186 g/mol. The second kappa shape index (κ2) is 5.86. The molecule has 0 saturated heterocycles. The Kier molecular flexibility index (Phi) is 5.82. The Balaban J connectivity index is 3.74. The number of hydrogen-bond donors (Lipinski definition) is 0. The van der Waals surface area contributed by atoms with Crippen molar-refractivity contribution in [2.24, 2.45) is 10.8 Å². The van der Waals surface area contributed by atoms with Crippen molar-refractivity contribution in [3.05, 3.63) is 0 Å². The second-order valence-electron chi connectivity index (χ2n) is 6.76. The Labute approximate surface area is 96.0 Å². The maximum absolute atomic E-state index is 5.71. The molecule has 0 aliphatic carbocycles. The summed E-state index contributed by atoms with van der Waals surface area (Å²) in [5, 5.41) is 0. The van der Waals surface area contributed by atoms with E-state index < -0.39 is 0 Å². The van der Waals surface area contributed by atoms with E-state index in [9.17, 15) is 0 Å². The summed E-state index contributed by atoms with van der Waals surface area (Å²) in [6, 6.07) is 0. The largest absolute Gasteiger partial charge is 0.380 e. The first kappa shape index (κ1) is 14.9. The molecule has 0 atom stereocenters. The van der Waals surface area contributed by atoms with E-state index in [1.54, 1.807) is 0 Å². The van der Waals surface area contributed by atoms with E-state index in [4.69, 9.17) is 4.74 Å². The van der Waals surface area contributed by atoms with E-state index in [2.05, 4.69) is 53.6 Å². The van der Waals surface area contributed by atoms with Crippen LogP contribution in [0, 0.1) is 10.8 Å². The smallest absolute Gasteiger partial charge is 0.0593 e. The standard InChI is InChI=1S/C13H29NO/c1-12(2,3)10-13(4,5)11-15-9-8-14(6)7/h8-11H2,1-7H3. The lowest BCUT2D eigenvalue weighted by molar-refractivity contribution is 0.0336. The van der Waals surface area contributed by atoms with Crippen LogP contribution < -0.4 is 0 Å². The van der Waals surface area contributed by atoms with Crippen LogP contribution in [0.2, 0.25) is 0 Å². The zero-order valence-electron chi connectivity index (χ0n) is 11.7. The average molecular weight is 215 g/mol. The molecule has 0 aromatic carbocycles. The summed E-state index contributed by atoms with van der Waals surface area (Å²) in [5.41, 5.74) is 0.666. The molecule has 0 amide bonds. The van der Waals surface area contributed by atoms with Gasteiger partial charge in [-0.3, -0.25) is 0 Å². The molecule has 0 aliphatic rings. The molecule has 2 heteroatoms. The molecule has 0 rings (SSSR count). The van der Waals surface area contributed by atoms with E-state index in [0.29, 0.717) is 5.41 Å². The second-order valence-corrected chi connectivity index (χ2v) is 6.76. The average Bonchev–Trinajstić information content (AvgIpc) is 1.93. The van der Waals surface area contributed by atoms with E-state index in [-0.39, 0.29) is 5.41 Å². The van der Waals surface area contributed by atoms with Gasteiger partial charge in [0.25, 0.3) is 0 Å². The van der Waals surface area contributed by atoms with Gasteiger partial charge in [-0.2, -0.15) is 0 Å². The summed E-state index contributed by atoms with van der Waals surface area (Å²) in [4.78, 5) is 2.15. The number of likely N-dealkylation sites (N-methyl/N-ethyl adjacent to an activating group) is 1. The van der Waals surface area contributed by atoms with Gasteiger partial charge in [0.1, 0.15) is 0 Å². The fraction of sp³-hybridized carbons (Fsp3) is 1.00. The fourth-order valence-electron chi connectivity index (χ4n) is 2.08. The van der Waals surface area contributed by atoms with Crippen molar-refractivity contribution in [1.82, 2.24) is 4.90 Å². The molecule has 0 fully saturated rings. The lowest BCUT2D eigenvalue weighted by Gasteiger charge is -2.32. The number of ether oxygens (including phenoxy) is 1. The Bertz CT molecular complexity index is 168. The van der Waals surface area contributed by atoms with Gasteiger partial charge in [0.05, 0.1) is 13.2 Å². The summed E-state index contributed by atoms with van der Waals surface area (Å²) in [6.45, 7) is 14.1. The Morgan fingerprint density at radius 3 is 1.93 bits per heavy atom. The first-order chi connectivity index (χ1) is 6.62. The van der Waals surface area contributed by atoms with Crippen LogP contribution in [0.3, 0.4) is 0 Å².